The van der Waals surface area contributed by atoms with Gasteiger partial charge in [0.1, 0.15) is 17.6 Å². The van der Waals surface area contributed by atoms with Crippen LogP contribution in [0.15, 0.2) is 46.9 Å². The molecule has 2 atom stereocenters. The van der Waals surface area contributed by atoms with E-state index >= 15 is 0 Å². The van der Waals surface area contributed by atoms with Crippen LogP contribution in [-0.2, 0) is 6.18 Å². The van der Waals surface area contributed by atoms with E-state index in [1.807, 2.05) is 0 Å². The molecular weight excluding hydrogens is 390 g/mol. The number of amides is 2. The third kappa shape index (κ3) is 4.68. The molecule has 0 spiro atoms. The molecule has 1 fully saturated rings. The average molecular weight is 404 g/mol. The van der Waals surface area contributed by atoms with E-state index in [1.54, 1.807) is 5.32 Å². The van der Waals surface area contributed by atoms with Gasteiger partial charge in [0.25, 0.3) is 0 Å². The summed E-state index contributed by atoms with van der Waals surface area (Å²) < 4.78 is 82.2. The molecule has 0 saturated carbocycles. The predicted octanol–water partition coefficient (Wildman–Crippen LogP) is 4.98. The molecule has 150 valence electrons. The van der Waals surface area contributed by atoms with Gasteiger partial charge in [0.2, 0.25) is 0 Å². The summed E-state index contributed by atoms with van der Waals surface area (Å²) in [4.78, 5) is 11.4. The van der Waals surface area contributed by atoms with Crippen molar-refractivity contribution in [2.75, 3.05) is 0 Å². The first kappa shape index (κ1) is 19.8. The van der Waals surface area contributed by atoms with Crippen molar-refractivity contribution in [1.82, 2.24) is 10.6 Å². The summed E-state index contributed by atoms with van der Waals surface area (Å²) in [5.41, 5.74) is -0.615. The van der Waals surface area contributed by atoms with Gasteiger partial charge in [-0.05, 0) is 30.3 Å². The largest absolute Gasteiger partial charge is 0.457 e. The molecule has 4 nitrogen and oxygen atoms in total. The van der Waals surface area contributed by atoms with Crippen LogP contribution >= 0.6 is 0 Å². The molecule has 1 aromatic heterocycles. The maximum Gasteiger partial charge on any atom is 0.416 e. The van der Waals surface area contributed by atoms with E-state index in [0.29, 0.717) is 0 Å². The summed E-state index contributed by atoms with van der Waals surface area (Å²) >= 11 is 0. The number of rotatable bonds is 3. The number of benzene rings is 1. The molecule has 3 rings (SSSR count). The average Bonchev–Trinajstić information content (AvgIpc) is 3.07. The van der Waals surface area contributed by atoms with E-state index in [9.17, 15) is 31.1 Å². The number of alkyl halides is 6. The van der Waals surface area contributed by atoms with E-state index in [2.05, 4.69) is 5.32 Å². The van der Waals surface area contributed by atoms with Gasteiger partial charge in [0, 0.05) is 12.0 Å². The van der Waals surface area contributed by atoms with Gasteiger partial charge in [-0.25, -0.2) is 4.79 Å². The smallest absolute Gasteiger partial charge is 0.416 e. The summed E-state index contributed by atoms with van der Waals surface area (Å²) in [5.74, 6) is 0.400. The molecule has 0 bridgehead atoms. The maximum atomic E-state index is 12.8. The lowest BCUT2D eigenvalue weighted by Gasteiger charge is -2.30. The van der Waals surface area contributed by atoms with E-state index in [0.717, 1.165) is 12.1 Å². The molecule has 1 saturated heterocycles. The number of urea groups is 1. The molecular formula is C18H14F6N2O2. The van der Waals surface area contributed by atoms with Crippen molar-refractivity contribution in [2.24, 2.45) is 0 Å². The van der Waals surface area contributed by atoms with Crippen LogP contribution in [0.1, 0.15) is 17.7 Å². The quantitative estimate of drug-likeness (QED) is 0.709. The van der Waals surface area contributed by atoms with E-state index in [-0.39, 0.29) is 17.1 Å². The molecule has 2 unspecified atom stereocenters. The highest BCUT2D eigenvalue weighted by molar-refractivity contribution is 5.76. The minimum Gasteiger partial charge on any atom is -0.457 e. The number of nitrogens with one attached hydrogen (secondary N) is 2. The SMILES string of the molecule is O=C1NC(/C=C\c2ccc(-c3cccc(C(F)(F)F)c3)o2)CC(C(F)(F)F)N1. The Morgan fingerprint density at radius 3 is 2.46 bits per heavy atom. The minimum absolute atomic E-state index is 0.174. The Morgan fingerprint density at radius 1 is 1.04 bits per heavy atom. The van der Waals surface area contributed by atoms with Gasteiger partial charge in [0.15, 0.2) is 0 Å². The standard InChI is InChI=1S/C18H14F6N2O2/c19-17(20,21)11-3-1-2-10(8-11)14-7-6-13(28-14)5-4-12-9-15(18(22,23)24)26-16(27)25-12/h1-8,12,15H,9H2,(H2,25,26,27)/b5-4-. The van der Waals surface area contributed by atoms with Crippen LogP contribution in [0, 0.1) is 0 Å². The zero-order valence-corrected chi connectivity index (χ0v) is 14.1. The molecule has 1 aromatic carbocycles. The van der Waals surface area contributed by atoms with Gasteiger partial charge in [0.05, 0.1) is 11.6 Å². The fourth-order valence-corrected chi connectivity index (χ4v) is 2.74. The number of carbonyl (C=O) groups excluding carboxylic acids is 1. The van der Waals surface area contributed by atoms with E-state index in [4.69, 9.17) is 4.42 Å². The molecule has 2 heterocycles. The van der Waals surface area contributed by atoms with Crippen LogP contribution in [0.25, 0.3) is 17.4 Å². The van der Waals surface area contributed by atoms with Gasteiger partial charge < -0.3 is 15.1 Å². The molecule has 10 heteroatoms. The Bertz CT molecular complexity index is 885. The molecule has 2 amide bonds. The van der Waals surface area contributed by atoms with Crippen LogP contribution in [0.3, 0.4) is 0 Å². The monoisotopic (exact) mass is 404 g/mol. The van der Waals surface area contributed by atoms with Crippen LogP contribution in [0.5, 0.6) is 0 Å². The van der Waals surface area contributed by atoms with Crippen LogP contribution in [0.4, 0.5) is 31.1 Å². The molecule has 0 aliphatic carbocycles. The Labute approximate surface area is 155 Å². The Morgan fingerprint density at radius 2 is 1.79 bits per heavy atom. The Hall–Kier alpha value is -2.91. The fraction of sp³-hybridized carbons (Fsp3) is 0.278. The van der Waals surface area contributed by atoms with Crippen molar-refractivity contribution in [3.05, 3.63) is 53.8 Å². The molecule has 1 aliphatic heterocycles. The van der Waals surface area contributed by atoms with Gasteiger partial charge in [-0.2, -0.15) is 26.3 Å². The van der Waals surface area contributed by atoms with Crippen LogP contribution < -0.4 is 10.6 Å². The summed E-state index contributed by atoms with van der Waals surface area (Å²) in [6.07, 6.45) is -6.75. The highest BCUT2D eigenvalue weighted by Gasteiger charge is 2.44. The second kappa shape index (κ2) is 7.25. The van der Waals surface area contributed by atoms with Crippen LogP contribution in [-0.4, -0.2) is 24.3 Å². The van der Waals surface area contributed by atoms with Crippen LogP contribution in [0.2, 0.25) is 0 Å². The number of hydrogen-bond donors (Lipinski definition) is 2. The fourth-order valence-electron chi connectivity index (χ4n) is 2.74. The van der Waals surface area contributed by atoms with Gasteiger partial charge in [-0.15, -0.1) is 0 Å². The molecule has 28 heavy (non-hydrogen) atoms. The third-order valence-corrected chi connectivity index (χ3v) is 4.10. The highest BCUT2D eigenvalue weighted by atomic mass is 19.4. The summed E-state index contributed by atoms with van der Waals surface area (Å²) in [5, 5.41) is 4.15. The maximum absolute atomic E-state index is 12.8. The topological polar surface area (TPSA) is 54.3 Å². The molecule has 0 radical (unpaired) electrons. The van der Waals surface area contributed by atoms with Crippen molar-refractivity contribution < 1.29 is 35.6 Å². The first-order valence-electron chi connectivity index (χ1n) is 8.12. The van der Waals surface area contributed by atoms with Crippen molar-refractivity contribution >= 4 is 12.1 Å². The van der Waals surface area contributed by atoms with Gasteiger partial charge in [-0.3, -0.25) is 0 Å². The first-order chi connectivity index (χ1) is 13.0. The van der Waals surface area contributed by atoms with Crippen molar-refractivity contribution in [2.45, 2.75) is 30.9 Å². The van der Waals surface area contributed by atoms with Gasteiger partial charge >= 0.3 is 18.4 Å². The Balaban J connectivity index is 1.73. The lowest BCUT2D eigenvalue weighted by atomic mass is 10.0. The molecule has 2 N–H and O–H groups in total. The van der Waals surface area contributed by atoms with Gasteiger partial charge in [-0.1, -0.05) is 18.2 Å². The summed E-state index contributed by atoms with van der Waals surface area (Å²) in [6, 6.07) is 3.71. The van der Waals surface area contributed by atoms with Crippen molar-refractivity contribution in [1.29, 1.82) is 0 Å². The Kier molecular flexibility index (Phi) is 5.14. The lowest BCUT2D eigenvalue weighted by molar-refractivity contribution is -0.157. The van der Waals surface area contributed by atoms with Crippen molar-refractivity contribution in [3.63, 3.8) is 0 Å². The zero-order valence-electron chi connectivity index (χ0n) is 14.1. The van der Waals surface area contributed by atoms with E-state index in [1.165, 1.54) is 36.4 Å². The minimum atomic E-state index is -4.56. The summed E-state index contributed by atoms with van der Waals surface area (Å²) in [6.45, 7) is 0. The highest BCUT2D eigenvalue weighted by Crippen LogP contribution is 2.33. The lowest BCUT2D eigenvalue weighted by Crippen LogP contribution is -2.58. The number of carbonyl (C=O) groups is 1. The summed E-state index contributed by atoms with van der Waals surface area (Å²) in [7, 11) is 0. The predicted molar refractivity (Wildman–Crippen MR) is 88.1 cm³/mol. The second-order valence-electron chi connectivity index (χ2n) is 6.19. The number of halogens is 6. The third-order valence-electron chi connectivity index (χ3n) is 4.10. The normalized spacial score (nSPS) is 20.9. The van der Waals surface area contributed by atoms with Crippen molar-refractivity contribution in [3.8, 4) is 11.3 Å². The number of hydrogen-bond acceptors (Lipinski definition) is 2. The molecule has 1 aliphatic rings. The second-order valence-corrected chi connectivity index (χ2v) is 6.19. The number of furan rings is 1. The zero-order chi connectivity index (χ0) is 20.5. The first-order valence-corrected chi connectivity index (χ1v) is 8.12. The van der Waals surface area contributed by atoms with E-state index < -0.39 is 42.5 Å². The molecule has 2 aromatic rings.